The Bertz CT molecular complexity index is 481. The van der Waals surface area contributed by atoms with Gasteiger partial charge in [0.05, 0.1) is 0 Å². The number of rotatable bonds is 2. The number of ether oxygens (including phenoxy) is 1. The normalized spacial score (nSPS) is 15.5. The van der Waals surface area contributed by atoms with E-state index in [-0.39, 0.29) is 12.1 Å². The number of carbonyl (C=O) groups excluding carboxylic acids is 1. The Morgan fingerprint density at radius 2 is 2.33 bits per heavy atom. The molecule has 4 heteroatoms. The van der Waals surface area contributed by atoms with Gasteiger partial charge in [-0.1, -0.05) is 6.07 Å². The van der Waals surface area contributed by atoms with Crippen LogP contribution in [-0.4, -0.2) is 21.5 Å². The highest BCUT2D eigenvalue weighted by Gasteiger charge is 2.27. The van der Waals surface area contributed by atoms with Gasteiger partial charge in [0.2, 0.25) is 0 Å². The van der Waals surface area contributed by atoms with Gasteiger partial charge in [-0.15, -0.1) is 0 Å². The van der Waals surface area contributed by atoms with Gasteiger partial charge in [-0.25, -0.2) is 9.78 Å². The van der Waals surface area contributed by atoms with Gasteiger partial charge in [0.1, 0.15) is 11.8 Å². The number of esters is 1. The van der Waals surface area contributed by atoms with Crippen LogP contribution < -0.4 is 0 Å². The molecule has 1 fully saturated rings. The Morgan fingerprint density at radius 1 is 1.47 bits per heavy atom. The lowest BCUT2D eigenvalue weighted by molar-refractivity contribution is 0.0466. The van der Waals surface area contributed by atoms with Crippen LogP contribution in [0.15, 0.2) is 30.6 Å². The molecule has 0 bridgehead atoms. The molecule has 4 nitrogen and oxygen atoms in total. The fourth-order valence-electron chi connectivity index (χ4n) is 1.43. The quantitative estimate of drug-likeness (QED) is 0.695. The molecule has 2 aromatic rings. The van der Waals surface area contributed by atoms with Crippen molar-refractivity contribution in [3.63, 3.8) is 0 Å². The highest BCUT2D eigenvalue weighted by molar-refractivity contribution is 5.88. The van der Waals surface area contributed by atoms with E-state index in [9.17, 15) is 4.79 Å². The molecule has 0 aromatic carbocycles. The maximum absolute atomic E-state index is 11.6. The highest BCUT2D eigenvalue weighted by atomic mass is 16.5. The zero-order valence-electron chi connectivity index (χ0n) is 8.09. The first-order chi connectivity index (χ1) is 7.33. The number of hydrogen-bond donors (Lipinski definition) is 0. The summed E-state index contributed by atoms with van der Waals surface area (Å²) in [7, 11) is 0. The second kappa shape index (κ2) is 3.08. The summed E-state index contributed by atoms with van der Waals surface area (Å²) in [6.07, 6.45) is 5.65. The first kappa shape index (κ1) is 8.47. The number of imidazole rings is 1. The summed E-state index contributed by atoms with van der Waals surface area (Å²) in [5.74, 6) is -0.318. The summed E-state index contributed by atoms with van der Waals surface area (Å²) in [6, 6.07) is 5.64. The lowest BCUT2D eigenvalue weighted by Crippen LogP contribution is -2.06. The lowest BCUT2D eigenvalue weighted by atomic mass is 10.5. The molecule has 0 N–H and O–H groups in total. The van der Waals surface area contributed by atoms with Crippen LogP contribution in [0.2, 0.25) is 0 Å². The fourth-order valence-corrected chi connectivity index (χ4v) is 1.43. The molecule has 1 aliphatic carbocycles. The van der Waals surface area contributed by atoms with E-state index in [1.54, 1.807) is 6.20 Å². The minimum absolute atomic E-state index is 0.127. The van der Waals surface area contributed by atoms with Crippen LogP contribution in [0.25, 0.3) is 5.65 Å². The Balaban J connectivity index is 1.92. The second-order valence-corrected chi connectivity index (χ2v) is 3.70. The van der Waals surface area contributed by atoms with Crippen molar-refractivity contribution in [3.8, 4) is 0 Å². The van der Waals surface area contributed by atoms with Crippen LogP contribution in [0.3, 0.4) is 0 Å². The van der Waals surface area contributed by atoms with Gasteiger partial charge < -0.3 is 9.14 Å². The topological polar surface area (TPSA) is 43.6 Å². The van der Waals surface area contributed by atoms with Crippen molar-refractivity contribution in [2.24, 2.45) is 0 Å². The third-order valence-corrected chi connectivity index (χ3v) is 2.37. The number of pyridine rings is 1. The number of nitrogens with zero attached hydrogens (tertiary/aromatic N) is 2. The van der Waals surface area contributed by atoms with Gasteiger partial charge in [0.15, 0.2) is 5.69 Å². The number of hydrogen-bond acceptors (Lipinski definition) is 3. The zero-order chi connectivity index (χ0) is 10.3. The van der Waals surface area contributed by atoms with E-state index in [1.807, 2.05) is 28.8 Å². The smallest absolute Gasteiger partial charge is 0.358 e. The third-order valence-electron chi connectivity index (χ3n) is 2.37. The van der Waals surface area contributed by atoms with E-state index < -0.39 is 0 Å². The van der Waals surface area contributed by atoms with Gasteiger partial charge in [-0.2, -0.15) is 0 Å². The molecule has 0 amide bonds. The summed E-state index contributed by atoms with van der Waals surface area (Å²) in [4.78, 5) is 15.7. The Kier molecular flexibility index (Phi) is 1.74. The zero-order valence-corrected chi connectivity index (χ0v) is 8.09. The highest BCUT2D eigenvalue weighted by Crippen LogP contribution is 2.24. The van der Waals surface area contributed by atoms with E-state index in [0.717, 1.165) is 18.5 Å². The molecule has 1 saturated carbocycles. The van der Waals surface area contributed by atoms with Crippen molar-refractivity contribution in [3.05, 3.63) is 36.3 Å². The Hall–Kier alpha value is -1.84. The Labute approximate surface area is 86.5 Å². The molecule has 0 radical (unpaired) electrons. The van der Waals surface area contributed by atoms with E-state index in [4.69, 9.17) is 4.74 Å². The van der Waals surface area contributed by atoms with Crippen molar-refractivity contribution in [2.75, 3.05) is 0 Å². The van der Waals surface area contributed by atoms with Crippen molar-refractivity contribution in [1.29, 1.82) is 0 Å². The maximum atomic E-state index is 11.6. The van der Waals surface area contributed by atoms with E-state index in [0.29, 0.717) is 5.69 Å². The molecule has 2 heterocycles. The average Bonchev–Trinajstić information content (AvgIpc) is 2.95. The summed E-state index contributed by atoms with van der Waals surface area (Å²) in [5.41, 5.74) is 1.15. The molecule has 0 atom stereocenters. The van der Waals surface area contributed by atoms with Crippen LogP contribution >= 0.6 is 0 Å². The van der Waals surface area contributed by atoms with Gasteiger partial charge in [-0.05, 0) is 25.0 Å². The van der Waals surface area contributed by atoms with E-state index in [2.05, 4.69) is 4.98 Å². The molecule has 2 aromatic heterocycles. The molecule has 15 heavy (non-hydrogen) atoms. The van der Waals surface area contributed by atoms with Crippen molar-refractivity contribution in [2.45, 2.75) is 18.9 Å². The van der Waals surface area contributed by atoms with Gasteiger partial charge in [0.25, 0.3) is 0 Å². The molecule has 0 spiro atoms. The third kappa shape index (κ3) is 1.58. The first-order valence-electron chi connectivity index (χ1n) is 4.98. The summed E-state index contributed by atoms with van der Waals surface area (Å²) in [6.45, 7) is 0. The van der Waals surface area contributed by atoms with Crippen LogP contribution in [0.5, 0.6) is 0 Å². The molecule has 76 valence electrons. The first-order valence-corrected chi connectivity index (χ1v) is 4.98. The monoisotopic (exact) mass is 202 g/mol. The molecular formula is C11H10N2O2. The van der Waals surface area contributed by atoms with Crippen LogP contribution in [-0.2, 0) is 4.74 Å². The second-order valence-electron chi connectivity index (χ2n) is 3.70. The van der Waals surface area contributed by atoms with Crippen molar-refractivity contribution in [1.82, 2.24) is 9.38 Å². The SMILES string of the molecule is O=C(OC1CC1)c1cn2ccccc2n1. The molecule has 0 unspecified atom stereocenters. The number of carbonyl (C=O) groups is 1. The summed E-state index contributed by atoms with van der Waals surface area (Å²) in [5, 5.41) is 0. The fraction of sp³-hybridized carbons (Fsp3) is 0.273. The van der Waals surface area contributed by atoms with Gasteiger partial charge >= 0.3 is 5.97 Å². The molecule has 1 aliphatic rings. The largest absolute Gasteiger partial charge is 0.458 e. The van der Waals surface area contributed by atoms with E-state index in [1.165, 1.54) is 0 Å². The summed E-state index contributed by atoms with van der Waals surface area (Å²) < 4.78 is 6.97. The maximum Gasteiger partial charge on any atom is 0.358 e. The van der Waals surface area contributed by atoms with Gasteiger partial charge in [0, 0.05) is 12.4 Å². The van der Waals surface area contributed by atoms with Crippen LogP contribution in [0, 0.1) is 0 Å². The number of aromatic nitrogens is 2. The van der Waals surface area contributed by atoms with Gasteiger partial charge in [-0.3, -0.25) is 0 Å². The summed E-state index contributed by atoms with van der Waals surface area (Å²) >= 11 is 0. The molecule has 0 saturated heterocycles. The van der Waals surface area contributed by atoms with E-state index >= 15 is 0 Å². The Morgan fingerprint density at radius 3 is 3.07 bits per heavy atom. The molecule has 3 rings (SSSR count). The van der Waals surface area contributed by atoms with Crippen molar-refractivity contribution < 1.29 is 9.53 Å². The van der Waals surface area contributed by atoms with Crippen molar-refractivity contribution >= 4 is 11.6 Å². The molecular weight excluding hydrogens is 192 g/mol. The predicted octanol–water partition coefficient (Wildman–Crippen LogP) is 1.65. The minimum atomic E-state index is -0.318. The number of fused-ring (bicyclic) bond motifs is 1. The van der Waals surface area contributed by atoms with Crippen LogP contribution in [0.4, 0.5) is 0 Å². The lowest BCUT2D eigenvalue weighted by Gasteiger charge is -1.97. The average molecular weight is 202 g/mol. The minimum Gasteiger partial charge on any atom is -0.458 e. The van der Waals surface area contributed by atoms with Crippen LogP contribution in [0.1, 0.15) is 23.3 Å². The molecule has 0 aliphatic heterocycles. The predicted molar refractivity (Wildman–Crippen MR) is 53.6 cm³/mol. The standard InChI is InChI=1S/C11H10N2O2/c14-11(15-8-4-5-8)9-7-13-6-2-1-3-10(13)12-9/h1-3,6-8H,4-5H2.